The molecule has 90 valence electrons. The Bertz CT molecular complexity index is 584. The predicted molar refractivity (Wildman–Crippen MR) is 64.4 cm³/mol. The van der Waals surface area contributed by atoms with Crippen LogP contribution in [0.3, 0.4) is 0 Å². The van der Waals surface area contributed by atoms with E-state index in [0.717, 1.165) is 16.6 Å². The van der Waals surface area contributed by atoms with Crippen LogP contribution in [-0.2, 0) is 11.3 Å². The van der Waals surface area contributed by atoms with Gasteiger partial charge in [0.15, 0.2) is 0 Å². The fourth-order valence-electron chi connectivity index (χ4n) is 1.61. The lowest BCUT2D eigenvalue weighted by Gasteiger charge is -2.04. The van der Waals surface area contributed by atoms with Crippen LogP contribution in [-0.4, -0.2) is 22.4 Å². The van der Waals surface area contributed by atoms with Gasteiger partial charge in [-0.1, -0.05) is 6.07 Å². The summed E-state index contributed by atoms with van der Waals surface area (Å²) in [5, 5.41) is 2.75. The van der Waals surface area contributed by atoms with Crippen LogP contribution in [0, 0.1) is 0 Å². The van der Waals surface area contributed by atoms with Gasteiger partial charge in [-0.3, -0.25) is 4.79 Å². The molecule has 0 unspecified atom stereocenters. The molecule has 1 aromatic heterocycles. The molecule has 6 nitrogen and oxygen atoms in total. The molecular formula is C11H14N4O2. The Morgan fingerprint density at radius 1 is 1.29 bits per heavy atom. The van der Waals surface area contributed by atoms with Crippen molar-refractivity contribution in [1.29, 1.82) is 0 Å². The number of hydrogen-bond donors (Lipinski definition) is 4. The summed E-state index contributed by atoms with van der Waals surface area (Å²) in [7, 11) is 0. The molecule has 0 saturated carbocycles. The van der Waals surface area contributed by atoms with Gasteiger partial charge in [0.1, 0.15) is 0 Å². The molecule has 0 aliphatic rings. The van der Waals surface area contributed by atoms with Crippen LogP contribution in [0.25, 0.3) is 11.0 Å². The first-order chi connectivity index (χ1) is 8.19. The third-order valence-electron chi connectivity index (χ3n) is 2.44. The Hall–Kier alpha value is -2.08. The van der Waals surface area contributed by atoms with E-state index in [2.05, 4.69) is 15.3 Å². The van der Waals surface area contributed by atoms with Crippen LogP contribution in [0.1, 0.15) is 12.0 Å². The summed E-state index contributed by atoms with van der Waals surface area (Å²) in [5.74, 6) is -0.0739. The maximum absolute atomic E-state index is 11.2. The third kappa shape index (κ3) is 2.73. The van der Waals surface area contributed by atoms with Crippen molar-refractivity contribution < 1.29 is 4.79 Å². The standard InChI is InChI=1S/C11H14N4O2/c12-4-3-10(16)13-6-7-1-2-8-9(5-7)15-11(17)14-8/h1-2,5H,3-4,6,12H2,(H,13,16)(H2,14,15,17). The Balaban J connectivity index is 2.08. The van der Waals surface area contributed by atoms with Gasteiger partial charge in [0, 0.05) is 19.5 Å². The third-order valence-corrected chi connectivity index (χ3v) is 2.44. The molecule has 0 atom stereocenters. The number of aromatic nitrogens is 2. The van der Waals surface area contributed by atoms with Crippen molar-refractivity contribution in [2.24, 2.45) is 5.73 Å². The molecule has 0 bridgehead atoms. The van der Waals surface area contributed by atoms with E-state index in [1.165, 1.54) is 0 Å². The van der Waals surface area contributed by atoms with Crippen LogP contribution >= 0.6 is 0 Å². The van der Waals surface area contributed by atoms with Crippen LogP contribution in [0.4, 0.5) is 0 Å². The monoisotopic (exact) mass is 234 g/mol. The highest BCUT2D eigenvalue weighted by Crippen LogP contribution is 2.09. The van der Waals surface area contributed by atoms with Crippen molar-refractivity contribution in [2.75, 3.05) is 6.54 Å². The highest BCUT2D eigenvalue weighted by molar-refractivity contribution is 5.77. The number of nitrogens with one attached hydrogen (secondary N) is 3. The summed E-state index contributed by atoms with van der Waals surface area (Å²) in [6.07, 6.45) is 0.323. The molecule has 17 heavy (non-hydrogen) atoms. The first kappa shape index (κ1) is 11.4. The topological polar surface area (TPSA) is 104 Å². The number of nitrogens with two attached hydrogens (primary N) is 1. The van der Waals surface area contributed by atoms with Gasteiger partial charge >= 0.3 is 5.69 Å². The minimum absolute atomic E-state index is 0.0739. The van der Waals surface area contributed by atoms with E-state index >= 15 is 0 Å². The first-order valence-electron chi connectivity index (χ1n) is 5.37. The normalized spacial score (nSPS) is 10.6. The molecule has 0 fully saturated rings. The number of H-pyrrole nitrogens is 2. The number of benzene rings is 1. The Labute approximate surface area is 97.2 Å². The Morgan fingerprint density at radius 3 is 2.82 bits per heavy atom. The summed E-state index contributed by atoms with van der Waals surface area (Å²) in [5.41, 5.74) is 7.46. The average molecular weight is 234 g/mol. The Morgan fingerprint density at radius 2 is 2.06 bits per heavy atom. The summed E-state index contributed by atoms with van der Waals surface area (Å²) < 4.78 is 0. The summed E-state index contributed by atoms with van der Waals surface area (Å²) in [6.45, 7) is 0.776. The number of aromatic amines is 2. The fraction of sp³-hybridized carbons (Fsp3) is 0.273. The number of fused-ring (bicyclic) bond motifs is 1. The van der Waals surface area contributed by atoms with E-state index in [9.17, 15) is 9.59 Å². The van der Waals surface area contributed by atoms with Crippen LogP contribution < -0.4 is 16.7 Å². The molecule has 2 rings (SSSR count). The van der Waals surface area contributed by atoms with Crippen molar-refractivity contribution in [3.63, 3.8) is 0 Å². The van der Waals surface area contributed by atoms with Crippen molar-refractivity contribution in [2.45, 2.75) is 13.0 Å². The van der Waals surface area contributed by atoms with Gasteiger partial charge in [-0.05, 0) is 17.7 Å². The maximum atomic E-state index is 11.2. The zero-order chi connectivity index (χ0) is 12.3. The van der Waals surface area contributed by atoms with Crippen LogP contribution in [0.2, 0.25) is 0 Å². The minimum Gasteiger partial charge on any atom is -0.352 e. The highest BCUT2D eigenvalue weighted by atomic mass is 16.1. The largest absolute Gasteiger partial charge is 0.352 e. The maximum Gasteiger partial charge on any atom is 0.323 e. The second-order valence-corrected chi connectivity index (χ2v) is 3.77. The zero-order valence-electron chi connectivity index (χ0n) is 9.25. The molecule has 0 aliphatic heterocycles. The fourth-order valence-corrected chi connectivity index (χ4v) is 1.61. The molecule has 2 aromatic rings. The lowest BCUT2D eigenvalue weighted by Crippen LogP contribution is -2.24. The van der Waals surface area contributed by atoms with Gasteiger partial charge in [-0.2, -0.15) is 0 Å². The van der Waals surface area contributed by atoms with Crippen LogP contribution in [0.15, 0.2) is 23.0 Å². The van der Waals surface area contributed by atoms with Crippen molar-refractivity contribution in [1.82, 2.24) is 15.3 Å². The lowest BCUT2D eigenvalue weighted by atomic mass is 10.2. The van der Waals surface area contributed by atoms with Gasteiger partial charge in [0.2, 0.25) is 5.91 Å². The van der Waals surface area contributed by atoms with Crippen molar-refractivity contribution >= 4 is 16.9 Å². The summed E-state index contributed by atoms with van der Waals surface area (Å²) in [6, 6.07) is 5.49. The van der Waals surface area contributed by atoms with E-state index in [1.807, 2.05) is 12.1 Å². The SMILES string of the molecule is NCCC(=O)NCc1ccc2[nH]c(=O)[nH]c2c1. The van der Waals surface area contributed by atoms with E-state index in [1.54, 1.807) is 6.07 Å². The van der Waals surface area contributed by atoms with Gasteiger partial charge in [0.05, 0.1) is 11.0 Å². The molecule has 0 saturated heterocycles. The average Bonchev–Trinajstić information content (AvgIpc) is 2.66. The van der Waals surface area contributed by atoms with Crippen molar-refractivity contribution in [3.8, 4) is 0 Å². The minimum atomic E-state index is -0.232. The number of carbonyl (C=O) groups is 1. The second kappa shape index (κ2) is 4.84. The number of amides is 1. The number of rotatable bonds is 4. The Kier molecular flexibility index (Phi) is 3.24. The van der Waals surface area contributed by atoms with E-state index in [4.69, 9.17) is 5.73 Å². The second-order valence-electron chi connectivity index (χ2n) is 3.77. The number of hydrogen-bond acceptors (Lipinski definition) is 3. The van der Waals surface area contributed by atoms with E-state index < -0.39 is 0 Å². The van der Waals surface area contributed by atoms with Crippen molar-refractivity contribution in [3.05, 3.63) is 34.2 Å². The summed E-state index contributed by atoms with van der Waals surface area (Å²) in [4.78, 5) is 27.6. The molecule has 0 spiro atoms. The number of carbonyl (C=O) groups excluding carboxylic acids is 1. The van der Waals surface area contributed by atoms with Gasteiger partial charge in [-0.25, -0.2) is 4.79 Å². The lowest BCUT2D eigenvalue weighted by molar-refractivity contribution is -0.121. The first-order valence-corrected chi connectivity index (χ1v) is 5.37. The zero-order valence-corrected chi connectivity index (χ0v) is 9.25. The molecule has 1 amide bonds. The molecular weight excluding hydrogens is 220 g/mol. The molecule has 5 N–H and O–H groups in total. The smallest absolute Gasteiger partial charge is 0.323 e. The quantitative estimate of drug-likeness (QED) is 0.590. The van der Waals surface area contributed by atoms with E-state index in [-0.39, 0.29) is 11.6 Å². The number of imidazole rings is 1. The highest BCUT2D eigenvalue weighted by Gasteiger charge is 2.02. The van der Waals surface area contributed by atoms with E-state index in [0.29, 0.717) is 19.5 Å². The summed E-state index contributed by atoms with van der Waals surface area (Å²) >= 11 is 0. The molecule has 6 heteroatoms. The van der Waals surface area contributed by atoms with Gasteiger partial charge in [0.25, 0.3) is 0 Å². The van der Waals surface area contributed by atoms with Gasteiger partial charge in [-0.15, -0.1) is 0 Å². The molecule has 0 aliphatic carbocycles. The predicted octanol–water partition coefficient (Wildman–Crippen LogP) is -0.179. The van der Waals surface area contributed by atoms with Crippen LogP contribution in [0.5, 0.6) is 0 Å². The van der Waals surface area contributed by atoms with Gasteiger partial charge < -0.3 is 21.0 Å². The molecule has 0 radical (unpaired) electrons. The molecule has 1 aromatic carbocycles. The molecule has 1 heterocycles.